The molecule has 86 valence electrons. The van der Waals surface area contributed by atoms with Crippen molar-refractivity contribution in [1.82, 2.24) is 9.13 Å². The molecule has 0 aliphatic rings. The first-order chi connectivity index (χ1) is 7.52. The average molecular weight is 218 g/mol. The van der Waals surface area contributed by atoms with Crippen LogP contribution in [0.4, 0.5) is 0 Å². The summed E-state index contributed by atoms with van der Waals surface area (Å²) in [6.07, 6.45) is 3.87. The first-order valence-corrected chi connectivity index (χ1v) is 5.74. The highest BCUT2D eigenvalue weighted by atomic mass is 16.1. The molecule has 2 heterocycles. The Balaban J connectivity index is 2.74. The zero-order valence-electron chi connectivity index (χ0n) is 10.3. The van der Waals surface area contributed by atoms with Crippen LogP contribution in [0, 0.1) is 0 Å². The van der Waals surface area contributed by atoms with Crippen LogP contribution in [0.2, 0.25) is 0 Å². The van der Waals surface area contributed by atoms with E-state index in [1.807, 2.05) is 38.4 Å². The van der Waals surface area contributed by atoms with Gasteiger partial charge in [0.1, 0.15) is 0 Å². The molecule has 0 aliphatic carbocycles. The van der Waals surface area contributed by atoms with Crippen LogP contribution in [0.1, 0.15) is 39.8 Å². The number of hydrogen-bond acceptors (Lipinski definition) is 1. The van der Waals surface area contributed by atoms with Gasteiger partial charge in [0.05, 0.1) is 10.9 Å². The van der Waals surface area contributed by atoms with Gasteiger partial charge in [0, 0.05) is 24.5 Å². The van der Waals surface area contributed by atoms with E-state index in [9.17, 15) is 4.79 Å². The monoisotopic (exact) mass is 218 g/mol. The largest absolute Gasteiger partial charge is 0.345 e. The fourth-order valence-corrected chi connectivity index (χ4v) is 2.03. The third-order valence-electron chi connectivity index (χ3n) is 2.93. The predicted molar refractivity (Wildman–Crippen MR) is 67.0 cm³/mol. The van der Waals surface area contributed by atoms with Gasteiger partial charge in [0.15, 0.2) is 0 Å². The number of pyridine rings is 1. The number of aromatic nitrogens is 2. The second kappa shape index (κ2) is 3.81. The first-order valence-electron chi connectivity index (χ1n) is 5.74. The lowest BCUT2D eigenvalue weighted by molar-refractivity contribution is 0.581. The molecule has 0 fully saturated rings. The summed E-state index contributed by atoms with van der Waals surface area (Å²) >= 11 is 0. The summed E-state index contributed by atoms with van der Waals surface area (Å²) in [6, 6.07) is 4.53. The summed E-state index contributed by atoms with van der Waals surface area (Å²) in [6.45, 7) is 8.28. The quantitative estimate of drug-likeness (QED) is 0.761. The Morgan fingerprint density at radius 2 is 1.50 bits per heavy atom. The lowest BCUT2D eigenvalue weighted by Crippen LogP contribution is -2.21. The molecule has 0 N–H and O–H groups in total. The van der Waals surface area contributed by atoms with Crippen molar-refractivity contribution in [2.75, 3.05) is 0 Å². The molecule has 0 unspecified atom stereocenters. The molecule has 0 bridgehead atoms. The summed E-state index contributed by atoms with van der Waals surface area (Å²) in [7, 11) is 0. The molecule has 16 heavy (non-hydrogen) atoms. The van der Waals surface area contributed by atoms with Crippen molar-refractivity contribution in [3.63, 3.8) is 0 Å². The maximum atomic E-state index is 12.2. The number of hydrogen-bond donors (Lipinski definition) is 0. The Hall–Kier alpha value is -1.51. The van der Waals surface area contributed by atoms with Crippen LogP contribution >= 0.6 is 0 Å². The molecule has 0 saturated carbocycles. The molecule has 0 amide bonds. The highest BCUT2D eigenvalue weighted by Gasteiger charge is 2.09. The van der Waals surface area contributed by atoms with Crippen LogP contribution in [-0.2, 0) is 0 Å². The molecule has 0 radical (unpaired) electrons. The smallest absolute Gasteiger partial charge is 0.260 e. The van der Waals surface area contributed by atoms with E-state index in [-0.39, 0.29) is 11.6 Å². The second-order valence-corrected chi connectivity index (χ2v) is 4.74. The van der Waals surface area contributed by atoms with E-state index in [1.54, 1.807) is 4.57 Å². The molecule has 2 aromatic rings. The molecule has 0 aliphatic heterocycles. The minimum atomic E-state index is 0.104. The van der Waals surface area contributed by atoms with Gasteiger partial charge in [-0.2, -0.15) is 0 Å². The van der Waals surface area contributed by atoms with Gasteiger partial charge in [-0.15, -0.1) is 0 Å². The third-order valence-corrected chi connectivity index (χ3v) is 2.93. The van der Waals surface area contributed by atoms with Crippen molar-refractivity contribution < 1.29 is 0 Å². The molecule has 2 rings (SSSR count). The Bertz CT molecular complexity index is 561. The van der Waals surface area contributed by atoms with Gasteiger partial charge in [-0.3, -0.25) is 4.79 Å². The van der Waals surface area contributed by atoms with Gasteiger partial charge < -0.3 is 9.13 Å². The topological polar surface area (TPSA) is 26.9 Å². The summed E-state index contributed by atoms with van der Waals surface area (Å²) in [5, 5.41) is 0.810. The van der Waals surface area contributed by atoms with Crippen LogP contribution in [0.25, 0.3) is 10.9 Å². The van der Waals surface area contributed by atoms with Crippen LogP contribution in [0.5, 0.6) is 0 Å². The van der Waals surface area contributed by atoms with Crippen molar-refractivity contribution >= 4 is 10.9 Å². The predicted octanol–water partition coefficient (Wildman–Crippen LogP) is 2.96. The van der Waals surface area contributed by atoms with Gasteiger partial charge in [0.25, 0.3) is 5.56 Å². The summed E-state index contributed by atoms with van der Waals surface area (Å²) in [4.78, 5) is 12.2. The van der Waals surface area contributed by atoms with Crippen molar-refractivity contribution in [3.05, 3.63) is 34.9 Å². The number of rotatable bonds is 2. The van der Waals surface area contributed by atoms with E-state index >= 15 is 0 Å². The zero-order chi connectivity index (χ0) is 11.9. The summed E-state index contributed by atoms with van der Waals surface area (Å²) < 4.78 is 3.90. The van der Waals surface area contributed by atoms with Gasteiger partial charge in [-0.05, 0) is 39.8 Å². The Kier molecular flexibility index (Phi) is 2.62. The fraction of sp³-hybridized carbons (Fsp3) is 0.462. The number of fused-ring (bicyclic) bond motifs is 1. The maximum absolute atomic E-state index is 12.2. The molecule has 0 aromatic carbocycles. The van der Waals surface area contributed by atoms with Crippen molar-refractivity contribution in [2.24, 2.45) is 0 Å². The van der Waals surface area contributed by atoms with Gasteiger partial charge in [0.2, 0.25) is 0 Å². The average Bonchev–Trinajstić information content (AvgIpc) is 2.61. The van der Waals surface area contributed by atoms with Gasteiger partial charge >= 0.3 is 0 Å². The van der Waals surface area contributed by atoms with Crippen LogP contribution in [0.3, 0.4) is 0 Å². The highest BCUT2D eigenvalue weighted by Crippen LogP contribution is 2.17. The molecule has 2 aromatic heterocycles. The standard InChI is InChI=1S/C13H18N2O/c1-9(2)14-7-5-11-12(14)6-8-15(10(3)4)13(11)16/h5-10H,1-4H3. The van der Waals surface area contributed by atoms with Gasteiger partial charge in [-0.25, -0.2) is 0 Å². The maximum Gasteiger partial charge on any atom is 0.260 e. The normalized spacial score (nSPS) is 11.9. The molecule has 0 spiro atoms. The Morgan fingerprint density at radius 3 is 2.06 bits per heavy atom. The summed E-state index contributed by atoms with van der Waals surface area (Å²) in [5.74, 6) is 0. The molecule has 0 saturated heterocycles. The first kappa shape index (κ1) is 11.0. The highest BCUT2D eigenvalue weighted by molar-refractivity contribution is 5.79. The van der Waals surface area contributed by atoms with Crippen molar-refractivity contribution in [2.45, 2.75) is 39.8 Å². The molecule has 3 heteroatoms. The molecular formula is C13H18N2O. The SMILES string of the molecule is CC(C)n1ccc2c(ccn2C(C)C)c1=O. The van der Waals surface area contributed by atoms with E-state index < -0.39 is 0 Å². The summed E-state index contributed by atoms with van der Waals surface area (Å²) in [5.41, 5.74) is 1.13. The van der Waals surface area contributed by atoms with E-state index in [0.717, 1.165) is 10.9 Å². The zero-order valence-corrected chi connectivity index (χ0v) is 10.3. The third kappa shape index (κ3) is 1.56. The van der Waals surface area contributed by atoms with E-state index in [0.29, 0.717) is 6.04 Å². The van der Waals surface area contributed by atoms with Crippen LogP contribution in [0.15, 0.2) is 29.3 Å². The fourth-order valence-electron chi connectivity index (χ4n) is 2.03. The van der Waals surface area contributed by atoms with Gasteiger partial charge in [-0.1, -0.05) is 0 Å². The molecular weight excluding hydrogens is 200 g/mol. The van der Waals surface area contributed by atoms with Crippen LogP contribution < -0.4 is 5.56 Å². The Labute approximate surface area is 95.3 Å². The van der Waals surface area contributed by atoms with Crippen molar-refractivity contribution in [1.29, 1.82) is 0 Å². The van der Waals surface area contributed by atoms with Crippen molar-refractivity contribution in [3.8, 4) is 0 Å². The molecule has 3 nitrogen and oxygen atoms in total. The molecule has 0 atom stereocenters. The Morgan fingerprint density at radius 1 is 0.938 bits per heavy atom. The minimum Gasteiger partial charge on any atom is -0.345 e. The van der Waals surface area contributed by atoms with E-state index in [2.05, 4.69) is 18.4 Å². The lowest BCUT2D eigenvalue weighted by Gasteiger charge is -2.12. The van der Waals surface area contributed by atoms with Crippen LogP contribution in [-0.4, -0.2) is 9.13 Å². The minimum absolute atomic E-state index is 0.104. The lowest BCUT2D eigenvalue weighted by atomic mass is 10.3. The van der Waals surface area contributed by atoms with E-state index in [1.165, 1.54) is 0 Å². The van der Waals surface area contributed by atoms with E-state index in [4.69, 9.17) is 0 Å². The number of nitrogens with zero attached hydrogens (tertiary/aromatic N) is 2. The second-order valence-electron chi connectivity index (χ2n) is 4.74.